The van der Waals surface area contributed by atoms with Crippen LogP contribution in [0.3, 0.4) is 0 Å². The third-order valence-corrected chi connectivity index (χ3v) is 6.85. The second-order valence-electron chi connectivity index (χ2n) is 6.47. The largest absolute Gasteiger partial charge is 0.330 e. The van der Waals surface area contributed by atoms with Crippen LogP contribution in [0.25, 0.3) is 0 Å². The van der Waals surface area contributed by atoms with E-state index in [1.807, 2.05) is 6.92 Å². The quantitative estimate of drug-likeness (QED) is 0.867. The van der Waals surface area contributed by atoms with E-state index in [4.69, 9.17) is 5.73 Å². The van der Waals surface area contributed by atoms with Crippen molar-refractivity contribution < 1.29 is 13.2 Å². The molecule has 2 heterocycles. The summed E-state index contributed by atoms with van der Waals surface area (Å²) in [5, 5.41) is 0. The Hall–Kier alpha value is -1.15. The van der Waals surface area contributed by atoms with Crippen molar-refractivity contribution in [3.63, 3.8) is 0 Å². The van der Waals surface area contributed by atoms with E-state index in [1.165, 1.54) is 6.92 Å². The SMILES string of the molecule is CC(=O)N1CCc2cc(S(=O)(=O)N3CC(CN)CC3C)ccc21.Cl. The van der Waals surface area contributed by atoms with Crippen molar-refractivity contribution in [2.45, 2.75) is 37.6 Å². The monoisotopic (exact) mass is 373 g/mol. The summed E-state index contributed by atoms with van der Waals surface area (Å²) in [5.74, 6) is 0.209. The van der Waals surface area contributed by atoms with Gasteiger partial charge in [0.1, 0.15) is 0 Å². The van der Waals surface area contributed by atoms with Crippen molar-refractivity contribution in [2.75, 3.05) is 24.5 Å². The van der Waals surface area contributed by atoms with E-state index in [1.54, 1.807) is 27.4 Å². The maximum absolute atomic E-state index is 12.9. The van der Waals surface area contributed by atoms with Crippen LogP contribution in [0.2, 0.25) is 0 Å². The van der Waals surface area contributed by atoms with E-state index in [9.17, 15) is 13.2 Å². The molecule has 0 aromatic heterocycles. The van der Waals surface area contributed by atoms with Gasteiger partial charge < -0.3 is 10.6 Å². The minimum atomic E-state index is -3.52. The Morgan fingerprint density at radius 3 is 2.67 bits per heavy atom. The number of halogens is 1. The van der Waals surface area contributed by atoms with Crippen molar-refractivity contribution in [3.05, 3.63) is 23.8 Å². The van der Waals surface area contributed by atoms with Gasteiger partial charge in [0.15, 0.2) is 0 Å². The first-order valence-electron chi connectivity index (χ1n) is 7.97. The second kappa shape index (κ2) is 7.00. The summed E-state index contributed by atoms with van der Waals surface area (Å²) in [5.41, 5.74) is 7.44. The molecule has 0 bridgehead atoms. The van der Waals surface area contributed by atoms with E-state index >= 15 is 0 Å². The third kappa shape index (κ3) is 3.18. The summed E-state index contributed by atoms with van der Waals surface area (Å²) < 4.78 is 27.4. The minimum absolute atomic E-state index is 0. The number of rotatable bonds is 3. The number of hydrogen-bond acceptors (Lipinski definition) is 4. The third-order valence-electron chi connectivity index (χ3n) is 4.87. The number of anilines is 1. The summed E-state index contributed by atoms with van der Waals surface area (Å²) in [4.78, 5) is 13.6. The number of carbonyl (C=O) groups excluding carboxylic acids is 1. The van der Waals surface area contributed by atoms with Gasteiger partial charge in [-0.25, -0.2) is 8.42 Å². The Balaban J connectivity index is 0.00000208. The van der Waals surface area contributed by atoms with E-state index in [-0.39, 0.29) is 30.3 Å². The van der Waals surface area contributed by atoms with Gasteiger partial charge in [-0.2, -0.15) is 4.31 Å². The molecule has 1 fully saturated rings. The second-order valence-corrected chi connectivity index (χ2v) is 8.36. The number of nitrogens with zero attached hydrogens (tertiary/aromatic N) is 2. The van der Waals surface area contributed by atoms with E-state index < -0.39 is 10.0 Å². The number of hydrogen-bond donors (Lipinski definition) is 1. The van der Waals surface area contributed by atoms with Crippen molar-refractivity contribution >= 4 is 34.0 Å². The summed E-state index contributed by atoms with van der Waals surface area (Å²) in [7, 11) is -3.52. The Labute approximate surface area is 149 Å². The molecule has 2 aliphatic heterocycles. The van der Waals surface area contributed by atoms with Gasteiger partial charge in [-0.3, -0.25) is 4.79 Å². The minimum Gasteiger partial charge on any atom is -0.330 e. The first-order chi connectivity index (χ1) is 10.8. The standard InChI is InChI=1S/C16H23N3O3S.ClH/c1-11-7-13(9-17)10-19(11)23(21,22)15-3-4-16-14(8-15)5-6-18(16)12(2)20;/h3-4,8,11,13H,5-7,9-10,17H2,1-2H3;1H. The molecule has 3 rings (SSSR count). The van der Waals surface area contributed by atoms with E-state index in [2.05, 4.69) is 0 Å². The molecule has 2 aliphatic rings. The van der Waals surface area contributed by atoms with Gasteiger partial charge in [0.25, 0.3) is 0 Å². The van der Waals surface area contributed by atoms with Crippen LogP contribution in [0.1, 0.15) is 25.8 Å². The first-order valence-corrected chi connectivity index (χ1v) is 9.41. The van der Waals surface area contributed by atoms with Crippen molar-refractivity contribution in [1.82, 2.24) is 4.31 Å². The molecule has 24 heavy (non-hydrogen) atoms. The lowest BCUT2D eigenvalue weighted by Gasteiger charge is -2.22. The van der Waals surface area contributed by atoms with Crippen LogP contribution >= 0.6 is 12.4 Å². The lowest BCUT2D eigenvalue weighted by atomic mass is 10.1. The number of nitrogens with two attached hydrogens (primary N) is 1. The van der Waals surface area contributed by atoms with Crippen LogP contribution in [0, 0.1) is 5.92 Å². The summed E-state index contributed by atoms with van der Waals surface area (Å²) >= 11 is 0. The molecule has 0 saturated carbocycles. The molecule has 1 amide bonds. The van der Waals surface area contributed by atoms with Gasteiger partial charge in [-0.1, -0.05) is 0 Å². The van der Waals surface area contributed by atoms with Crippen LogP contribution in [0.5, 0.6) is 0 Å². The number of carbonyl (C=O) groups is 1. The molecule has 134 valence electrons. The molecule has 2 atom stereocenters. The summed E-state index contributed by atoms with van der Waals surface area (Å²) in [6, 6.07) is 5.04. The highest BCUT2D eigenvalue weighted by Gasteiger charge is 2.37. The molecular formula is C16H24ClN3O3S. The lowest BCUT2D eigenvalue weighted by molar-refractivity contribution is -0.116. The van der Waals surface area contributed by atoms with E-state index in [0.29, 0.717) is 31.0 Å². The lowest BCUT2D eigenvalue weighted by Crippen LogP contribution is -2.34. The van der Waals surface area contributed by atoms with Crippen molar-refractivity contribution in [1.29, 1.82) is 0 Å². The number of amides is 1. The fraction of sp³-hybridized carbons (Fsp3) is 0.562. The normalized spacial score (nSPS) is 23.9. The maximum atomic E-state index is 12.9. The van der Waals surface area contributed by atoms with Crippen LogP contribution in [-0.4, -0.2) is 44.3 Å². The highest BCUT2D eigenvalue weighted by Crippen LogP contribution is 2.33. The molecular weight excluding hydrogens is 350 g/mol. The number of fused-ring (bicyclic) bond motifs is 1. The average Bonchev–Trinajstić information content (AvgIpc) is 3.09. The molecule has 0 aliphatic carbocycles. The smallest absolute Gasteiger partial charge is 0.243 e. The fourth-order valence-electron chi connectivity index (χ4n) is 3.62. The zero-order valence-corrected chi connectivity index (χ0v) is 15.6. The van der Waals surface area contributed by atoms with Gasteiger partial charge in [-0.15, -0.1) is 12.4 Å². The Kier molecular flexibility index (Phi) is 5.59. The van der Waals surface area contributed by atoms with Crippen molar-refractivity contribution in [3.8, 4) is 0 Å². The zero-order valence-electron chi connectivity index (χ0n) is 13.9. The first kappa shape index (κ1) is 19.2. The van der Waals surface area contributed by atoms with Crippen LogP contribution < -0.4 is 10.6 Å². The van der Waals surface area contributed by atoms with Crippen molar-refractivity contribution in [2.24, 2.45) is 11.7 Å². The topological polar surface area (TPSA) is 83.7 Å². The van der Waals surface area contributed by atoms with Gasteiger partial charge in [0.2, 0.25) is 15.9 Å². The summed E-state index contributed by atoms with van der Waals surface area (Å²) in [6.45, 7) is 5.06. The van der Waals surface area contributed by atoms with Crippen LogP contribution in [0.15, 0.2) is 23.1 Å². The van der Waals surface area contributed by atoms with Gasteiger partial charge in [0, 0.05) is 31.7 Å². The number of sulfonamides is 1. The fourth-order valence-corrected chi connectivity index (χ4v) is 5.38. The molecule has 6 nitrogen and oxygen atoms in total. The highest BCUT2D eigenvalue weighted by atomic mass is 35.5. The molecule has 0 spiro atoms. The molecule has 0 radical (unpaired) electrons. The van der Waals surface area contributed by atoms with Crippen LogP contribution in [0.4, 0.5) is 5.69 Å². The Morgan fingerprint density at radius 2 is 2.08 bits per heavy atom. The Bertz CT molecular complexity index is 738. The molecule has 1 aromatic rings. The molecule has 2 unspecified atom stereocenters. The van der Waals surface area contributed by atoms with Gasteiger partial charge in [-0.05, 0) is 56.0 Å². The number of benzene rings is 1. The summed E-state index contributed by atoms with van der Waals surface area (Å²) in [6.07, 6.45) is 1.50. The molecule has 2 N–H and O–H groups in total. The average molecular weight is 374 g/mol. The Morgan fingerprint density at radius 1 is 1.38 bits per heavy atom. The van der Waals surface area contributed by atoms with E-state index in [0.717, 1.165) is 17.7 Å². The maximum Gasteiger partial charge on any atom is 0.243 e. The predicted octanol–water partition coefficient (Wildman–Crippen LogP) is 1.38. The van der Waals surface area contributed by atoms with Gasteiger partial charge >= 0.3 is 0 Å². The highest BCUT2D eigenvalue weighted by molar-refractivity contribution is 7.89. The molecule has 8 heteroatoms. The van der Waals surface area contributed by atoms with Gasteiger partial charge in [0.05, 0.1) is 4.90 Å². The van der Waals surface area contributed by atoms with Crippen LogP contribution in [-0.2, 0) is 21.2 Å². The molecule has 1 aromatic carbocycles. The zero-order chi connectivity index (χ0) is 16.8. The molecule has 1 saturated heterocycles. The predicted molar refractivity (Wildman–Crippen MR) is 95.9 cm³/mol.